The molecule has 9 nitrogen and oxygen atoms in total. The molecular formula is C25H26N4O5. The number of ether oxygens (including phenoxy) is 1. The summed E-state index contributed by atoms with van der Waals surface area (Å²) in [6, 6.07) is 15.0. The Hall–Kier alpha value is -4.14. The molecule has 0 aliphatic heterocycles. The van der Waals surface area contributed by atoms with Gasteiger partial charge in [0.2, 0.25) is 5.91 Å². The molecule has 1 aliphatic rings. The summed E-state index contributed by atoms with van der Waals surface area (Å²) < 4.78 is 5.50. The van der Waals surface area contributed by atoms with E-state index in [-0.39, 0.29) is 25.4 Å². The average Bonchev–Trinajstić information content (AvgIpc) is 3.46. The summed E-state index contributed by atoms with van der Waals surface area (Å²) in [5, 5.41) is 14.3. The molecule has 1 aromatic heterocycles. The van der Waals surface area contributed by atoms with E-state index in [0.29, 0.717) is 18.8 Å². The Bertz CT molecular complexity index is 1120. The zero-order chi connectivity index (χ0) is 23.9. The zero-order valence-corrected chi connectivity index (χ0v) is 18.5. The number of carboxylic acid groups (broad SMARTS) is 1. The second kappa shape index (κ2) is 10.7. The summed E-state index contributed by atoms with van der Waals surface area (Å²) in [5.74, 6) is -0.923. The van der Waals surface area contributed by atoms with Gasteiger partial charge in [-0.1, -0.05) is 48.5 Å². The van der Waals surface area contributed by atoms with Gasteiger partial charge >= 0.3 is 12.1 Å². The van der Waals surface area contributed by atoms with Crippen LogP contribution in [0.25, 0.3) is 11.1 Å². The quantitative estimate of drug-likeness (QED) is 0.366. The van der Waals surface area contributed by atoms with Gasteiger partial charge in [0.1, 0.15) is 18.5 Å². The first-order valence-corrected chi connectivity index (χ1v) is 11.1. The number of carboxylic acids is 1. The van der Waals surface area contributed by atoms with E-state index in [9.17, 15) is 14.4 Å². The third kappa shape index (κ3) is 5.43. The Balaban J connectivity index is 1.36. The van der Waals surface area contributed by atoms with Crippen LogP contribution in [-0.2, 0) is 20.7 Å². The highest BCUT2D eigenvalue weighted by molar-refractivity contribution is 5.86. The molecule has 2 aromatic carbocycles. The van der Waals surface area contributed by atoms with Crippen molar-refractivity contribution in [2.45, 2.75) is 31.2 Å². The maximum absolute atomic E-state index is 12.6. The summed E-state index contributed by atoms with van der Waals surface area (Å²) >= 11 is 0. The van der Waals surface area contributed by atoms with E-state index in [1.54, 1.807) is 12.4 Å². The predicted octanol–water partition coefficient (Wildman–Crippen LogP) is 2.84. The zero-order valence-electron chi connectivity index (χ0n) is 18.5. The number of H-pyrrole nitrogens is 1. The van der Waals surface area contributed by atoms with E-state index < -0.39 is 24.0 Å². The van der Waals surface area contributed by atoms with Crippen molar-refractivity contribution in [2.24, 2.45) is 0 Å². The third-order valence-electron chi connectivity index (χ3n) is 5.82. The number of aromatic nitrogens is 2. The van der Waals surface area contributed by atoms with E-state index in [4.69, 9.17) is 9.84 Å². The molecule has 0 bridgehead atoms. The fraction of sp³-hybridized carbons (Fsp3) is 0.280. The average molecular weight is 463 g/mol. The summed E-state index contributed by atoms with van der Waals surface area (Å²) in [6.07, 6.45) is 2.71. The number of amides is 2. The molecule has 4 rings (SSSR count). The second-order valence-corrected chi connectivity index (χ2v) is 8.03. The maximum atomic E-state index is 12.6. The van der Waals surface area contributed by atoms with Crippen LogP contribution < -0.4 is 10.6 Å². The SMILES string of the molecule is O=C(O)CCC(NC(=O)OCC1c2ccccc2-c2ccccc21)C(=O)NCCc1ncc[nH]1. The van der Waals surface area contributed by atoms with Gasteiger partial charge in [-0.15, -0.1) is 0 Å². The number of aliphatic carboxylic acids is 1. The molecule has 0 saturated heterocycles. The van der Waals surface area contributed by atoms with Crippen molar-refractivity contribution in [3.63, 3.8) is 0 Å². The van der Waals surface area contributed by atoms with E-state index in [1.807, 2.05) is 48.5 Å². The summed E-state index contributed by atoms with van der Waals surface area (Å²) in [4.78, 5) is 43.2. The van der Waals surface area contributed by atoms with Gasteiger partial charge < -0.3 is 25.5 Å². The molecular weight excluding hydrogens is 436 g/mol. The van der Waals surface area contributed by atoms with Gasteiger partial charge in [0.25, 0.3) is 0 Å². The van der Waals surface area contributed by atoms with Crippen LogP contribution in [0.1, 0.15) is 35.7 Å². The minimum absolute atomic E-state index is 0.0495. The molecule has 0 fully saturated rings. The number of hydrogen-bond donors (Lipinski definition) is 4. The lowest BCUT2D eigenvalue weighted by atomic mass is 9.98. The number of carbonyl (C=O) groups excluding carboxylic acids is 2. The molecule has 2 amide bonds. The number of aromatic amines is 1. The molecule has 1 heterocycles. The monoisotopic (exact) mass is 462 g/mol. The lowest BCUT2D eigenvalue weighted by Gasteiger charge is -2.19. The second-order valence-electron chi connectivity index (χ2n) is 8.03. The maximum Gasteiger partial charge on any atom is 0.407 e. The van der Waals surface area contributed by atoms with E-state index in [2.05, 4.69) is 20.6 Å². The normalized spacial score (nSPS) is 12.9. The van der Waals surface area contributed by atoms with Crippen molar-refractivity contribution in [1.82, 2.24) is 20.6 Å². The number of carbonyl (C=O) groups is 3. The van der Waals surface area contributed by atoms with Crippen LogP contribution in [0, 0.1) is 0 Å². The molecule has 1 aliphatic carbocycles. The number of hydrogen-bond acceptors (Lipinski definition) is 5. The summed E-state index contributed by atoms with van der Waals surface area (Å²) in [6.45, 7) is 0.397. The Morgan fingerprint density at radius 2 is 1.74 bits per heavy atom. The standard InChI is InChI=1S/C25H26N4O5/c30-23(31)10-9-21(24(32)28-12-11-22-26-13-14-27-22)29-25(33)34-15-20-18-7-3-1-5-16(18)17-6-2-4-8-19(17)20/h1-8,13-14,20-21H,9-12,15H2,(H,26,27)(H,28,32)(H,29,33)(H,30,31). The van der Waals surface area contributed by atoms with Gasteiger partial charge in [0.15, 0.2) is 0 Å². The Morgan fingerprint density at radius 3 is 2.35 bits per heavy atom. The number of imidazole rings is 1. The van der Waals surface area contributed by atoms with Crippen LogP contribution in [0.5, 0.6) is 0 Å². The molecule has 0 saturated carbocycles. The van der Waals surface area contributed by atoms with Crippen molar-refractivity contribution in [2.75, 3.05) is 13.2 Å². The van der Waals surface area contributed by atoms with Gasteiger partial charge in [0.05, 0.1) is 0 Å². The van der Waals surface area contributed by atoms with Crippen molar-refractivity contribution in [3.8, 4) is 11.1 Å². The van der Waals surface area contributed by atoms with Crippen LogP contribution in [0.2, 0.25) is 0 Å². The fourth-order valence-electron chi connectivity index (χ4n) is 4.18. The van der Waals surface area contributed by atoms with E-state index in [1.165, 1.54) is 0 Å². The minimum atomic E-state index is -1.05. The Labute approximate surface area is 196 Å². The summed E-state index contributed by atoms with van der Waals surface area (Å²) in [7, 11) is 0. The minimum Gasteiger partial charge on any atom is -0.481 e. The molecule has 3 aromatic rings. The van der Waals surface area contributed by atoms with Crippen molar-refractivity contribution in [3.05, 3.63) is 77.9 Å². The highest BCUT2D eigenvalue weighted by atomic mass is 16.5. The lowest BCUT2D eigenvalue weighted by molar-refractivity contribution is -0.137. The molecule has 1 unspecified atom stereocenters. The summed E-state index contributed by atoms with van der Waals surface area (Å²) in [5.41, 5.74) is 4.38. The number of benzene rings is 2. The first-order valence-electron chi connectivity index (χ1n) is 11.1. The Morgan fingerprint density at radius 1 is 1.06 bits per heavy atom. The molecule has 4 N–H and O–H groups in total. The first kappa shape index (κ1) is 23.0. The predicted molar refractivity (Wildman–Crippen MR) is 124 cm³/mol. The van der Waals surface area contributed by atoms with E-state index >= 15 is 0 Å². The lowest BCUT2D eigenvalue weighted by Crippen LogP contribution is -2.47. The van der Waals surface area contributed by atoms with Gasteiger partial charge in [-0.3, -0.25) is 9.59 Å². The topological polar surface area (TPSA) is 133 Å². The van der Waals surface area contributed by atoms with Gasteiger partial charge in [-0.2, -0.15) is 0 Å². The van der Waals surface area contributed by atoms with Crippen LogP contribution in [0.4, 0.5) is 4.79 Å². The van der Waals surface area contributed by atoms with Crippen molar-refractivity contribution in [1.29, 1.82) is 0 Å². The highest BCUT2D eigenvalue weighted by Gasteiger charge is 2.30. The molecule has 1 atom stereocenters. The number of rotatable bonds is 10. The molecule has 176 valence electrons. The van der Waals surface area contributed by atoms with Crippen LogP contribution >= 0.6 is 0 Å². The van der Waals surface area contributed by atoms with Gasteiger partial charge in [-0.25, -0.2) is 9.78 Å². The Kier molecular flexibility index (Phi) is 7.22. The molecule has 34 heavy (non-hydrogen) atoms. The first-order chi connectivity index (χ1) is 16.5. The van der Waals surface area contributed by atoms with Crippen LogP contribution in [-0.4, -0.2) is 52.2 Å². The number of nitrogens with one attached hydrogen (secondary N) is 3. The smallest absolute Gasteiger partial charge is 0.407 e. The number of nitrogens with zero attached hydrogens (tertiary/aromatic N) is 1. The molecule has 9 heteroatoms. The van der Waals surface area contributed by atoms with Crippen LogP contribution in [0.3, 0.4) is 0 Å². The number of alkyl carbamates (subject to hydrolysis) is 1. The molecule has 0 spiro atoms. The molecule has 0 radical (unpaired) electrons. The van der Waals surface area contributed by atoms with Gasteiger partial charge in [-0.05, 0) is 28.7 Å². The van der Waals surface area contributed by atoms with E-state index in [0.717, 1.165) is 22.3 Å². The van der Waals surface area contributed by atoms with Crippen molar-refractivity contribution < 1.29 is 24.2 Å². The number of fused-ring (bicyclic) bond motifs is 3. The fourth-order valence-corrected chi connectivity index (χ4v) is 4.18. The van der Waals surface area contributed by atoms with Gasteiger partial charge in [0, 0.05) is 37.7 Å². The highest BCUT2D eigenvalue weighted by Crippen LogP contribution is 2.44. The van der Waals surface area contributed by atoms with Crippen LogP contribution in [0.15, 0.2) is 60.9 Å². The van der Waals surface area contributed by atoms with Crippen molar-refractivity contribution >= 4 is 18.0 Å². The largest absolute Gasteiger partial charge is 0.481 e. The third-order valence-corrected chi connectivity index (χ3v) is 5.82.